The molecule has 1 aliphatic rings. The number of hydrogen-bond acceptors (Lipinski definition) is 2. The van der Waals surface area contributed by atoms with Gasteiger partial charge in [0.1, 0.15) is 0 Å². The SMILES string of the molecule is CNC(=O)C1CC(Cc2ccc(F)c(F)c2)CCN1. The number of amides is 1. The van der Waals surface area contributed by atoms with Crippen molar-refractivity contribution in [3.63, 3.8) is 0 Å². The lowest BCUT2D eigenvalue weighted by molar-refractivity contribution is -0.123. The van der Waals surface area contributed by atoms with E-state index in [2.05, 4.69) is 10.6 Å². The van der Waals surface area contributed by atoms with Gasteiger partial charge in [-0.3, -0.25) is 4.79 Å². The molecule has 0 spiro atoms. The smallest absolute Gasteiger partial charge is 0.236 e. The Morgan fingerprint density at radius 3 is 2.89 bits per heavy atom. The Labute approximate surface area is 111 Å². The van der Waals surface area contributed by atoms with Crippen LogP contribution < -0.4 is 10.6 Å². The zero-order valence-electron chi connectivity index (χ0n) is 10.9. The zero-order valence-corrected chi connectivity index (χ0v) is 10.9. The Kier molecular flexibility index (Phi) is 4.47. The van der Waals surface area contributed by atoms with Crippen LogP contribution in [0.1, 0.15) is 18.4 Å². The van der Waals surface area contributed by atoms with Crippen LogP contribution in [-0.2, 0) is 11.2 Å². The molecule has 1 fully saturated rings. The lowest BCUT2D eigenvalue weighted by Gasteiger charge is -2.29. The first-order valence-corrected chi connectivity index (χ1v) is 6.49. The summed E-state index contributed by atoms with van der Waals surface area (Å²) in [6.45, 7) is 0.770. The monoisotopic (exact) mass is 268 g/mol. The van der Waals surface area contributed by atoms with Crippen LogP contribution >= 0.6 is 0 Å². The second-order valence-corrected chi connectivity index (χ2v) is 4.96. The molecule has 1 aromatic rings. The fraction of sp³-hybridized carbons (Fsp3) is 0.500. The molecule has 2 unspecified atom stereocenters. The second kappa shape index (κ2) is 6.10. The molecule has 0 bridgehead atoms. The summed E-state index contributed by atoms with van der Waals surface area (Å²) < 4.78 is 26.0. The highest BCUT2D eigenvalue weighted by Gasteiger charge is 2.26. The molecule has 5 heteroatoms. The van der Waals surface area contributed by atoms with E-state index in [1.165, 1.54) is 6.07 Å². The summed E-state index contributed by atoms with van der Waals surface area (Å²) in [7, 11) is 1.61. The number of carbonyl (C=O) groups is 1. The zero-order chi connectivity index (χ0) is 13.8. The van der Waals surface area contributed by atoms with Crippen LogP contribution in [0.25, 0.3) is 0 Å². The van der Waals surface area contributed by atoms with Crippen molar-refractivity contribution in [3.8, 4) is 0 Å². The third-order valence-electron chi connectivity index (χ3n) is 3.58. The molecule has 1 amide bonds. The van der Waals surface area contributed by atoms with E-state index in [1.807, 2.05) is 0 Å². The van der Waals surface area contributed by atoms with Crippen LogP contribution in [0.3, 0.4) is 0 Å². The highest BCUT2D eigenvalue weighted by atomic mass is 19.2. The first-order valence-electron chi connectivity index (χ1n) is 6.49. The van der Waals surface area contributed by atoms with Gasteiger partial charge in [-0.05, 0) is 49.4 Å². The highest BCUT2D eigenvalue weighted by Crippen LogP contribution is 2.22. The lowest BCUT2D eigenvalue weighted by atomic mass is 9.87. The van der Waals surface area contributed by atoms with Crippen molar-refractivity contribution in [1.29, 1.82) is 0 Å². The molecule has 1 aliphatic heterocycles. The molecule has 2 rings (SSSR count). The molecule has 19 heavy (non-hydrogen) atoms. The van der Waals surface area contributed by atoms with Gasteiger partial charge in [0.2, 0.25) is 5.91 Å². The average Bonchev–Trinajstić information content (AvgIpc) is 2.42. The molecule has 0 aromatic heterocycles. The number of benzene rings is 1. The molecule has 0 radical (unpaired) electrons. The molecule has 0 aliphatic carbocycles. The van der Waals surface area contributed by atoms with E-state index in [0.29, 0.717) is 12.3 Å². The number of likely N-dealkylation sites (N-methyl/N-ethyl adjacent to an activating group) is 1. The number of carbonyl (C=O) groups excluding carboxylic acids is 1. The van der Waals surface area contributed by atoms with Crippen molar-refractivity contribution in [2.24, 2.45) is 5.92 Å². The van der Waals surface area contributed by atoms with Crippen LogP contribution in [0.2, 0.25) is 0 Å². The van der Waals surface area contributed by atoms with E-state index in [4.69, 9.17) is 0 Å². The topological polar surface area (TPSA) is 41.1 Å². The van der Waals surface area contributed by atoms with Crippen LogP contribution in [0.4, 0.5) is 8.78 Å². The summed E-state index contributed by atoms with van der Waals surface area (Å²) >= 11 is 0. The minimum Gasteiger partial charge on any atom is -0.358 e. The first kappa shape index (κ1) is 13.9. The van der Waals surface area contributed by atoms with Gasteiger partial charge in [0, 0.05) is 7.05 Å². The van der Waals surface area contributed by atoms with Gasteiger partial charge in [-0.1, -0.05) is 6.07 Å². The first-order chi connectivity index (χ1) is 9.10. The van der Waals surface area contributed by atoms with Crippen molar-refractivity contribution in [2.45, 2.75) is 25.3 Å². The molecular weight excluding hydrogens is 250 g/mol. The van der Waals surface area contributed by atoms with Gasteiger partial charge in [-0.15, -0.1) is 0 Å². The standard InChI is InChI=1S/C14H18F2N2O/c1-17-14(19)13-8-10(4-5-18-13)6-9-2-3-11(15)12(16)7-9/h2-3,7,10,13,18H,4-6,8H2,1H3,(H,17,19). The summed E-state index contributed by atoms with van der Waals surface area (Å²) in [6, 6.07) is 3.82. The molecule has 1 aromatic carbocycles. The van der Waals surface area contributed by atoms with E-state index < -0.39 is 11.6 Å². The number of halogens is 2. The summed E-state index contributed by atoms with van der Waals surface area (Å²) in [5.74, 6) is -1.34. The van der Waals surface area contributed by atoms with Crippen LogP contribution in [0.5, 0.6) is 0 Å². The Hall–Kier alpha value is -1.49. The molecule has 3 nitrogen and oxygen atoms in total. The quantitative estimate of drug-likeness (QED) is 0.874. The number of hydrogen-bond donors (Lipinski definition) is 2. The Morgan fingerprint density at radius 1 is 1.42 bits per heavy atom. The third-order valence-corrected chi connectivity index (χ3v) is 3.58. The van der Waals surface area contributed by atoms with E-state index in [1.54, 1.807) is 13.1 Å². The van der Waals surface area contributed by atoms with E-state index in [9.17, 15) is 13.6 Å². The molecular formula is C14H18F2N2O. The van der Waals surface area contributed by atoms with Crippen molar-refractivity contribution in [3.05, 3.63) is 35.4 Å². The van der Waals surface area contributed by atoms with Crippen LogP contribution in [0, 0.1) is 17.6 Å². The maximum atomic E-state index is 13.1. The highest BCUT2D eigenvalue weighted by molar-refractivity contribution is 5.81. The van der Waals surface area contributed by atoms with Gasteiger partial charge in [0.05, 0.1) is 6.04 Å². The molecule has 0 saturated carbocycles. The molecule has 2 N–H and O–H groups in total. The average molecular weight is 268 g/mol. The van der Waals surface area contributed by atoms with Crippen molar-refractivity contribution < 1.29 is 13.6 Å². The Balaban J connectivity index is 1.98. The van der Waals surface area contributed by atoms with E-state index in [0.717, 1.165) is 31.0 Å². The van der Waals surface area contributed by atoms with Gasteiger partial charge in [-0.2, -0.15) is 0 Å². The predicted octanol–water partition coefficient (Wildman–Crippen LogP) is 1.62. The maximum absolute atomic E-state index is 13.1. The largest absolute Gasteiger partial charge is 0.358 e. The fourth-order valence-electron chi connectivity index (χ4n) is 2.56. The van der Waals surface area contributed by atoms with Crippen molar-refractivity contribution in [2.75, 3.05) is 13.6 Å². The Bertz CT molecular complexity index is 465. The molecule has 1 saturated heterocycles. The molecule has 1 heterocycles. The predicted molar refractivity (Wildman–Crippen MR) is 68.6 cm³/mol. The molecule has 104 valence electrons. The summed E-state index contributed by atoms with van der Waals surface area (Å²) in [6.07, 6.45) is 2.33. The van der Waals surface area contributed by atoms with E-state index in [-0.39, 0.29) is 11.9 Å². The Morgan fingerprint density at radius 2 is 2.21 bits per heavy atom. The number of rotatable bonds is 3. The van der Waals surface area contributed by atoms with Gasteiger partial charge in [0.15, 0.2) is 11.6 Å². The number of nitrogens with one attached hydrogen (secondary N) is 2. The minimum absolute atomic E-state index is 0.0185. The summed E-state index contributed by atoms with van der Waals surface area (Å²) in [5, 5.41) is 5.78. The normalized spacial score (nSPS) is 23.1. The van der Waals surface area contributed by atoms with Gasteiger partial charge < -0.3 is 10.6 Å². The fourth-order valence-corrected chi connectivity index (χ4v) is 2.56. The van der Waals surface area contributed by atoms with Gasteiger partial charge in [-0.25, -0.2) is 8.78 Å². The van der Waals surface area contributed by atoms with Gasteiger partial charge >= 0.3 is 0 Å². The van der Waals surface area contributed by atoms with Crippen LogP contribution in [-0.4, -0.2) is 25.5 Å². The maximum Gasteiger partial charge on any atom is 0.236 e. The van der Waals surface area contributed by atoms with E-state index >= 15 is 0 Å². The minimum atomic E-state index is -0.822. The number of piperidine rings is 1. The van der Waals surface area contributed by atoms with Crippen molar-refractivity contribution in [1.82, 2.24) is 10.6 Å². The third kappa shape index (κ3) is 3.50. The second-order valence-electron chi connectivity index (χ2n) is 4.96. The van der Waals surface area contributed by atoms with Gasteiger partial charge in [0.25, 0.3) is 0 Å². The summed E-state index contributed by atoms with van der Waals surface area (Å²) in [4.78, 5) is 11.6. The summed E-state index contributed by atoms with van der Waals surface area (Å²) in [5.41, 5.74) is 0.779. The lowest BCUT2D eigenvalue weighted by Crippen LogP contribution is -2.48. The molecule has 2 atom stereocenters. The van der Waals surface area contributed by atoms with Crippen molar-refractivity contribution >= 4 is 5.91 Å². The van der Waals surface area contributed by atoms with Crippen LogP contribution in [0.15, 0.2) is 18.2 Å².